The van der Waals surface area contributed by atoms with Gasteiger partial charge in [-0.1, -0.05) is 44.5 Å². The Morgan fingerprint density at radius 2 is 1.83 bits per heavy atom. The number of aryl methyl sites for hydroxylation is 1. The Balaban J connectivity index is 2.45. The summed E-state index contributed by atoms with van der Waals surface area (Å²) in [5.41, 5.74) is 2.86. The van der Waals surface area contributed by atoms with Crippen molar-refractivity contribution < 1.29 is 0 Å². The molecule has 0 amide bonds. The molecule has 0 aliphatic heterocycles. The van der Waals surface area contributed by atoms with E-state index in [2.05, 4.69) is 48.7 Å². The smallest absolute Gasteiger partial charge is 0.0317 e. The molecule has 0 fully saturated rings. The molecule has 1 rings (SSSR count). The van der Waals surface area contributed by atoms with Crippen LogP contribution in [0.15, 0.2) is 24.3 Å². The van der Waals surface area contributed by atoms with Gasteiger partial charge >= 0.3 is 0 Å². The number of hydrogen-bond acceptors (Lipinski definition) is 2. The van der Waals surface area contributed by atoms with Crippen molar-refractivity contribution in [3.63, 3.8) is 0 Å². The Bertz CT molecular complexity index is 305. The number of nitrogens with one attached hydrogen (secondary N) is 2. The minimum Gasteiger partial charge on any atom is -0.317 e. The molecule has 0 bridgehead atoms. The third-order valence-electron chi connectivity index (χ3n) is 3.38. The monoisotopic (exact) mass is 248 g/mol. The molecule has 0 heterocycles. The topological polar surface area (TPSA) is 24.1 Å². The quantitative estimate of drug-likeness (QED) is 0.655. The zero-order chi connectivity index (χ0) is 13.2. The molecule has 2 N–H and O–H groups in total. The molecule has 0 saturated heterocycles. The van der Waals surface area contributed by atoms with Crippen LogP contribution in [-0.2, 0) is 6.42 Å². The summed E-state index contributed by atoms with van der Waals surface area (Å²) >= 11 is 0. The molecule has 0 aliphatic rings. The van der Waals surface area contributed by atoms with Gasteiger partial charge in [-0.15, -0.1) is 0 Å². The van der Waals surface area contributed by atoms with Crippen LogP contribution in [0.25, 0.3) is 0 Å². The predicted molar refractivity (Wildman–Crippen MR) is 80.0 cm³/mol. The molecule has 1 aromatic rings. The molecule has 2 heteroatoms. The third-order valence-corrected chi connectivity index (χ3v) is 3.38. The van der Waals surface area contributed by atoms with Gasteiger partial charge in [-0.05, 0) is 50.5 Å². The van der Waals surface area contributed by atoms with E-state index in [0.29, 0.717) is 6.04 Å². The molecule has 1 aromatic carbocycles. The van der Waals surface area contributed by atoms with Gasteiger partial charge in [0.05, 0.1) is 0 Å². The highest BCUT2D eigenvalue weighted by molar-refractivity contribution is 5.25. The SMILES string of the molecule is CCCC(NC)c1ccc(CCCNCC)cc1. The summed E-state index contributed by atoms with van der Waals surface area (Å²) in [6.45, 7) is 6.58. The van der Waals surface area contributed by atoms with E-state index in [-0.39, 0.29) is 0 Å². The predicted octanol–water partition coefficient (Wildman–Crippen LogP) is 3.29. The summed E-state index contributed by atoms with van der Waals surface area (Å²) in [5, 5.41) is 6.75. The van der Waals surface area contributed by atoms with Crippen molar-refractivity contribution in [3.05, 3.63) is 35.4 Å². The maximum Gasteiger partial charge on any atom is 0.0317 e. The van der Waals surface area contributed by atoms with Gasteiger partial charge in [-0.2, -0.15) is 0 Å². The first-order chi connectivity index (χ1) is 8.81. The lowest BCUT2D eigenvalue weighted by atomic mass is 10.00. The normalized spacial score (nSPS) is 12.6. The fourth-order valence-electron chi connectivity index (χ4n) is 2.28. The molecule has 0 aliphatic carbocycles. The van der Waals surface area contributed by atoms with Crippen LogP contribution in [0.1, 0.15) is 50.3 Å². The molecule has 0 aromatic heterocycles. The fraction of sp³-hybridized carbons (Fsp3) is 0.625. The summed E-state index contributed by atoms with van der Waals surface area (Å²) in [6.07, 6.45) is 4.81. The average Bonchev–Trinajstić information content (AvgIpc) is 2.42. The lowest BCUT2D eigenvalue weighted by Crippen LogP contribution is -2.16. The summed E-state index contributed by atoms with van der Waals surface area (Å²) in [4.78, 5) is 0. The van der Waals surface area contributed by atoms with Gasteiger partial charge < -0.3 is 10.6 Å². The minimum absolute atomic E-state index is 0.505. The van der Waals surface area contributed by atoms with Crippen LogP contribution in [0.3, 0.4) is 0 Å². The Morgan fingerprint density at radius 1 is 1.11 bits per heavy atom. The second-order valence-electron chi connectivity index (χ2n) is 4.83. The largest absolute Gasteiger partial charge is 0.317 e. The zero-order valence-electron chi connectivity index (χ0n) is 12.1. The van der Waals surface area contributed by atoms with Crippen LogP contribution in [0.4, 0.5) is 0 Å². The second-order valence-corrected chi connectivity index (χ2v) is 4.83. The van der Waals surface area contributed by atoms with Gasteiger partial charge in [-0.3, -0.25) is 0 Å². The van der Waals surface area contributed by atoms with Crippen molar-refractivity contribution in [2.45, 2.75) is 45.6 Å². The van der Waals surface area contributed by atoms with E-state index in [1.165, 1.54) is 36.8 Å². The molecular weight excluding hydrogens is 220 g/mol. The standard InChI is InChI=1S/C16H28N2/c1-4-7-16(17-3)15-11-9-14(10-12-15)8-6-13-18-5-2/h9-12,16-18H,4-8,13H2,1-3H3. The Labute approximate surface area is 112 Å². The number of benzene rings is 1. The number of hydrogen-bond donors (Lipinski definition) is 2. The lowest BCUT2D eigenvalue weighted by molar-refractivity contribution is 0.541. The first kappa shape index (κ1) is 15.2. The van der Waals surface area contributed by atoms with Crippen LogP contribution < -0.4 is 10.6 Å². The first-order valence-corrected chi connectivity index (χ1v) is 7.28. The zero-order valence-corrected chi connectivity index (χ0v) is 12.1. The van der Waals surface area contributed by atoms with Crippen LogP contribution in [0, 0.1) is 0 Å². The van der Waals surface area contributed by atoms with E-state index in [1.807, 2.05) is 7.05 Å². The first-order valence-electron chi connectivity index (χ1n) is 7.28. The highest BCUT2D eigenvalue weighted by Gasteiger charge is 2.07. The van der Waals surface area contributed by atoms with Crippen molar-refractivity contribution in [1.82, 2.24) is 10.6 Å². The van der Waals surface area contributed by atoms with E-state index in [0.717, 1.165) is 13.1 Å². The van der Waals surface area contributed by atoms with Crippen molar-refractivity contribution in [1.29, 1.82) is 0 Å². The molecule has 18 heavy (non-hydrogen) atoms. The molecule has 0 spiro atoms. The van der Waals surface area contributed by atoms with Gasteiger partial charge in [0.1, 0.15) is 0 Å². The summed E-state index contributed by atoms with van der Waals surface area (Å²) in [5.74, 6) is 0. The fourth-order valence-corrected chi connectivity index (χ4v) is 2.28. The molecule has 102 valence electrons. The van der Waals surface area contributed by atoms with Gasteiger partial charge in [-0.25, -0.2) is 0 Å². The van der Waals surface area contributed by atoms with Crippen LogP contribution in [-0.4, -0.2) is 20.1 Å². The van der Waals surface area contributed by atoms with Crippen molar-refractivity contribution in [2.24, 2.45) is 0 Å². The van der Waals surface area contributed by atoms with Gasteiger partial charge in [0.2, 0.25) is 0 Å². The van der Waals surface area contributed by atoms with Crippen LogP contribution in [0.5, 0.6) is 0 Å². The molecule has 2 nitrogen and oxygen atoms in total. The van der Waals surface area contributed by atoms with E-state index < -0.39 is 0 Å². The highest BCUT2D eigenvalue weighted by atomic mass is 14.9. The highest BCUT2D eigenvalue weighted by Crippen LogP contribution is 2.18. The van der Waals surface area contributed by atoms with Gasteiger partial charge in [0.15, 0.2) is 0 Å². The van der Waals surface area contributed by atoms with E-state index in [9.17, 15) is 0 Å². The van der Waals surface area contributed by atoms with Crippen LogP contribution >= 0.6 is 0 Å². The molecule has 0 radical (unpaired) electrons. The maximum atomic E-state index is 3.39. The molecular formula is C16H28N2. The molecule has 0 saturated carbocycles. The van der Waals surface area contributed by atoms with E-state index in [4.69, 9.17) is 0 Å². The number of rotatable bonds is 9. The second kappa shape index (κ2) is 9.12. The van der Waals surface area contributed by atoms with Crippen molar-refractivity contribution in [3.8, 4) is 0 Å². The Kier molecular flexibility index (Phi) is 7.70. The van der Waals surface area contributed by atoms with E-state index in [1.54, 1.807) is 0 Å². The Morgan fingerprint density at radius 3 is 2.39 bits per heavy atom. The maximum absolute atomic E-state index is 3.39. The summed E-state index contributed by atoms with van der Waals surface area (Å²) in [6, 6.07) is 9.62. The van der Waals surface area contributed by atoms with Crippen molar-refractivity contribution >= 4 is 0 Å². The van der Waals surface area contributed by atoms with E-state index >= 15 is 0 Å². The van der Waals surface area contributed by atoms with Crippen LogP contribution in [0.2, 0.25) is 0 Å². The summed E-state index contributed by atoms with van der Waals surface area (Å²) < 4.78 is 0. The Hall–Kier alpha value is -0.860. The minimum atomic E-state index is 0.505. The lowest BCUT2D eigenvalue weighted by Gasteiger charge is -2.16. The van der Waals surface area contributed by atoms with Crippen molar-refractivity contribution in [2.75, 3.05) is 20.1 Å². The molecule has 1 unspecified atom stereocenters. The molecule has 1 atom stereocenters. The average molecular weight is 248 g/mol. The van der Waals surface area contributed by atoms with Gasteiger partial charge in [0, 0.05) is 6.04 Å². The van der Waals surface area contributed by atoms with Gasteiger partial charge in [0.25, 0.3) is 0 Å². The summed E-state index contributed by atoms with van der Waals surface area (Å²) in [7, 11) is 2.05. The third kappa shape index (κ3) is 5.19.